The monoisotopic (exact) mass is 288 g/mol. The maximum Gasteiger partial charge on any atom is 0.0608 e. The maximum absolute atomic E-state index is 10.6. The highest BCUT2D eigenvalue weighted by Gasteiger charge is 2.26. The van der Waals surface area contributed by atoms with Gasteiger partial charge in [0.1, 0.15) is 0 Å². The number of aliphatic hydroxyl groups is 1. The van der Waals surface area contributed by atoms with Crippen LogP contribution in [0.3, 0.4) is 0 Å². The molecular formula is C20H32O. The molecule has 0 aliphatic heterocycles. The lowest BCUT2D eigenvalue weighted by molar-refractivity contribution is 0.0685. The second-order valence-electron chi connectivity index (χ2n) is 7.92. The van der Waals surface area contributed by atoms with Gasteiger partial charge >= 0.3 is 0 Å². The quantitative estimate of drug-likeness (QED) is 0.817. The van der Waals surface area contributed by atoms with E-state index in [9.17, 15) is 5.11 Å². The topological polar surface area (TPSA) is 20.2 Å². The van der Waals surface area contributed by atoms with E-state index in [0.717, 1.165) is 12.3 Å². The molecule has 0 aromatic heterocycles. The summed E-state index contributed by atoms with van der Waals surface area (Å²) in [6.45, 7) is 9.00. The first kappa shape index (κ1) is 16.5. The van der Waals surface area contributed by atoms with Gasteiger partial charge in [-0.2, -0.15) is 0 Å². The van der Waals surface area contributed by atoms with Gasteiger partial charge < -0.3 is 5.11 Å². The number of benzene rings is 1. The SMILES string of the molecule is CCC1CCCC(C(O)Cc2ccc(C(C)(C)C)cc2)C1. The highest BCUT2D eigenvalue weighted by atomic mass is 16.3. The zero-order valence-corrected chi connectivity index (χ0v) is 14.2. The van der Waals surface area contributed by atoms with Crippen LogP contribution in [0.25, 0.3) is 0 Å². The van der Waals surface area contributed by atoms with E-state index in [1.807, 2.05) is 0 Å². The summed E-state index contributed by atoms with van der Waals surface area (Å²) in [6.07, 6.45) is 6.99. The molecule has 3 unspecified atom stereocenters. The fourth-order valence-corrected chi connectivity index (χ4v) is 3.60. The van der Waals surface area contributed by atoms with Crippen molar-refractivity contribution in [2.45, 2.75) is 77.7 Å². The van der Waals surface area contributed by atoms with E-state index in [2.05, 4.69) is 52.0 Å². The summed E-state index contributed by atoms with van der Waals surface area (Å²) in [7, 11) is 0. The van der Waals surface area contributed by atoms with Gasteiger partial charge in [-0.25, -0.2) is 0 Å². The molecular weight excluding hydrogens is 256 g/mol. The van der Waals surface area contributed by atoms with Crippen LogP contribution in [0, 0.1) is 11.8 Å². The summed E-state index contributed by atoms with van der Waals surface area (Å²) < 4.78 is 0. The molecule has 0 radical (unpaired) electrons. The minimum Gasteiger partial charge on any atom is -0.392 e. The normalized spacial score (nSPS) is 24.8. The molecule has 0 bridgehead atoms. The van der Waals surface area contributed by atoms with Crippen LogP contribution in [-0.2, 0) is 11.8 Å². The molecule has 118 valence electrons. The average molecular weight is 288 g/mol. The molecule has 1 aromatic rings. The Kier molecular flexibility index (Phi) is 5.48. The third kappa shape index (κ3) is 4.57. The van der Waals surface area contributed by atoms with Crippen LogP contribution >= 0.6 is 0 Å². The van der Waals surface area contributed by atoms with E-state index >= 15 is 0 Å². The van der Waals surface area contributed by atoms with Crippen LogP contribution in [0.1, 0.15) is 70.9 Å². The molecule has 1 aromatic carbocycles. The van der Waals surface area contributed by atoms with Crippen LogP contribution in [0.5, 0.6) is 0 Å². The van der Waals surface area contributed by atoms with Gasteiger partial charge in [-0.05, 0) is 47.6 Å². The molecule has 0 spiro atoms. The van der Waals surface area contributed by atoms with Crippen LogP contribution in [-0.4, -0.2) is 11.2 Å². The van der Waals surface area contributed by atoms with Crippen molar-refractivity contribution in [3.8, 4) is 0 Å². The molecule has 0 saturated heterocycles. The van der Waals surface area contributed by atoms with Crippen LogP contribution in [0.4, 0.5) is 0 Å². The van der Waals surface area contributed by atoms with Gasteiger partial charge in [0.15, 0.2) is 0 Å². The minimum absolute atomic E-state index is 0.167. The predicted molar refractivity (Wildman–Crippen MR) is 90.6 cm³/mol. The van der Waals surface area contributed by atoms with Gasteiger partial charge in [-0.1, -0.05) is 71.2 Å². The van der Waals surface area contributed by atoms with Crippen LogP contribution in [0.15, 0.2) is 24.3 Å². The highest BCUT2D eigenvalue weighted by molar-refractivity contribution is 5.27. The van der Waals surface area contributed by atoms with Gasteiger partial charge in [-0.15, -0.1) is 0 Å². The van der Waals surface area contributed by atoms with E-state index in [1.165, 1.54) is 43.2 Å². The standard InChI is InChI=1S/C20H32O/c1-5-15-7-6-8-17(13-15)19(21)14-16-9-11-18(12-10-16)20(2,3)4/h9-12,15,17,19,21H,5-8,13-14H2,1-4H3. The molecule has 0 heterocycles. The molecule has 0 amide bonds. The lowest BCUT2D eigenvalue weighted by Crippen LogP contribution is -2.28. The Morgan fingerprint density at radius 1 is 1.14 bits per heavy atom. The first-order valence-electron chi connectivity index (χ1n) is 8.67. The number of rotatable bonds is 4. The average Bonchev–Trinajstić information content (AvgIpc) is 2.47. The molecule has 2 rings (SSSR count). The van der Waals surface area contributed by atoms with E-state index in [0.29, 0.717) is 5.92 Å². The van der Waals surface area contributed by atoms with Crippen molar-refractivity contribution in [1.29, 1.82) is 0 Å². The molecule has 1 N–H and O–H groups in total. The molecule has 21 heavy (non-hydrogen) atoms. The second-order valence-corrected chi connectivity index (χ2v) is 7.92. The van der Waals surface area contributed by atoms with Gasteiger partial charge in [0.25, 0.3) is 0 Å². The fraction of sp³-hybridized carbons (Fsp3) is 0.700. The Hall–Kier alpha value is -0.820. The zero-order chi connectivity index (χ0) is 15.5. The molecule has 1 heteroatoms. The van der Waals surface area contributed by atoms with Gasteiger partial charge in [0.2, 0.25) is 0 Å². The third-order valence-corrected chi connectivity index (χ3v) is 5.21. The first-order chi connectivity index (χ1) is 9.90. The fourth-order valence-electron chi connectivity index (χ4n) is 3.60. The van der Waals surface area contributed by atoms with Gasteiger partial charge in [0.05, 0.1) is 6.10 Å². The Morgan fingerprint density at radius 3 is 2.38 bits per heavy atom. The lowest BCUT2D eigenvalue weighted by Gasteiger charge is -2.32. The van der Waals surface area contributed by atoms with Crippen molar-refractivity contribution in [2.24, 2.45) is 11.8 Å². The van der Waals surface area contributed by atoms with Crippen LogP contribution < -0.4 is 0 Å². The van der Waals surface area contributed by atoms with Crippen molar-refractivity contribution in [2.75, 3.05) is 0 Å². The van der Waals surface area contributed by atoms with Crippen molar-refractivity contribution in [1.82, 2.24) is 0 Å². The number of hydrogen-bond donors (Lipinski definition) is 1. The van der Waals surface area contributed by atoms with E-state index in [-0.39, 0.29) is 11.5 Å². The van der Waals surface area contributed by atoms with Crippen LogP contribution in [0.2, 0.25) is 0 Å². The molecule has 1 saturated carbocycles. The molecule has 3 atom stereocenters. The Morgan fingerprint density at radius 2 is 1.81 bits per heavy atom. The van der Waals surface area contributed by atoms with Crippen molar-refractivity contribution < 1.29 is 5.11 Å². The maximum atomic E-state index is 10.6. The zero-order valence-electron chi connectivity index (χ0n) is 14.2. The Balaban J connectivity index is 1.94. The Bertz CT molecular complexity index is 426. The van der Waals surface area contributed by atoms with E-state index in [4.69, 9.17) is 0 Å². The number of aliphatic hydroxyl groups excluding tert-OH is 1. The van der Waals surface area contributed by atoms with Crippen molar-refractivity contribution in [3.05, 3.63) is 35.4 Å². The van der Waals surface area contributed by atoms with Crippen molar-refractivity contribution >= 4 is 0 Å². The summed E-state index contributed by atoms with van der Waals surface area (Å²) in [6, 6.07) is 8.84. The summed E-state index contributed by atoms with van der Waals surface area (Å²) in [4.78, 5) is 0. The predicted octanol–water partition coefficient (Wildman–Crippen LogP) is 5.10. The summed E-state index contributed by atoms with van der Waals surface area (Å²) in [5, 5.41) is 10.6. The smallest absolute Gasteiger partial charge is 0.0608 e. The highest BCUT2D eigenvalue weighted by Crippen LogP contribution is 2.34. The van der Waals surface area contributed by atoms with Crippen molar-refractivity contribution in [3.63, 3.8) is 0 Å². The van der Waals surface area contributed by atoms with Gasteiger partial charge in [-0.3, -0.25) is 0 Å². The summed E-state index contributed by atoms with van der Waals surface area (Å²) in [5.74, 6) is 1.34. The molecule has 1 aliphatic rings. The molecule has 1 fully saturated rings. The van der Waals surface area contributed by atoms with Gasteiger partial charge in [0, 0.05) is 0 Å². The lowest BCUT2D eigenvalue weighted by atomic mass is 9.76. The number of hydrogen-bond acceptors (Lipinski definition) is 1. The second kappa shape index (κ2) is 6.96. The van der Waals surface area contributed by atoms with E-state index in [1.54, 1.807) is 0 Å². The third-order valence-electron chi connectivity index (χ3n) is 5.21. The first-order valence-corrected chi connectivity index (χ1v) is 8.67. The largest absolute Gasteiger partial charge is 0.392 e. The minimum atomic E-state index is -0.167. The molecule has 1 nitrogen and oxygen atoms in total. The Labute approximate surface area is 130 Å². The summed E-state index contributed by atoms with van der Waals surface area (Å²) >= 11 is 0. The molecule has 1 aliphatic carbocycles. The van der Waals surface area contributed by atoms with E-state index < -0.39 is 0 Å². The summed E-state index contributed by atoms with van der Waals surface area (Å²) in [5.41, 5.74) is 2.84.